The molecule has 150 valence electrons. The normalized spacial score (nSPS) is 16.1. The minimum atomic E-state index is -0.0676. The highest BCUT2D eigenvalue weighted by Gasteiger charge is 2.28. The second-order valence-electron chi connectivity index (χ2n) is 7.18. The van der Waals surface area contributed by atoms with Crippen molar-refractivity contribution in [2.45, 2.75) is 12.8 Å². The first-order chi connectivity index (χ1) is 14.2. The molecule has 0 aliphatic carbocycles. The summed E-state index contributed by atoms with van der Waals surface area (Å²) in [5.74, 6) is 1.79. The van der Waals surface area contributed by atoms with Gasteiger partial charge >= 0.3 is 0 Å². The lowest BCUT2D eigenvalue weighted by Gasteiger charge is -2.15. The summed E-state index contributed by atoms with van der Waals surface area (Å²) < 4.78 is 12.3. The summed E-state index contributed by atoms with van der Waals surface area (Å²) in [5.41, 5.74) is 2.43. The summed E-state index contributed by atoms with van der Waals surface area (Å²) in [7, 11) is 3.27. The summed E-state index contributed by atoms with van der Waals surface area (Å²) >= 11 is 0. The van der Waals surface area contributed by atoms with Gasteiger partial charge in [0.2, 0.25) is 0 Å². The van der Waals surface area contributed by atoms with E-state index in [4.69, 9.17) is 9.47 Å². The first-order valence-electron chi connectivity index (χ1n) is 9.66. The summed E-state index contributed by atoms with van der Waals surface area (Å²) in [6, 6.07) is 15.6. The van der Waals surface area contributed by atoms with E-state index in [1.54, 1.807) is 25.1 Å². The Bertz CT molecular complexity index is 987. The number of carbonyl (C=O) groups excluding carboxylic acids is 1. The number of aromatic nitrogens is 3. The third-order valence-corrected chi connectivity index (χ3v) is 5.28. The van der Waals surface area contributed by atoms with Crippen molar-refractivity contribution < 1.29 is 14.3 Å². The Morgan fingerprint density at radius 1 is 1.10 bits per heavy atom. The highest BCUT2D eigenvalue weighted by atomic mass is 16.5. The van der Waals surface area contributed by atoms with E-state index in [1.165, 1.54) is 5.56 Å². The van der Waals surface area contributed by atoms with Crippen molar-refractivity contribution in [2.75, 3.05) is 27.3 Å². The van der Waals surface area contributed by atoms with Crippen molar-refractivity contribution in [3.05, 3.63) is 66.0 Å². The Hall–Kier alpha value is -3.35. The van der Waals surface area contributed by atoms with Gasteiger partial charge in [0.15, 0.2) is 17.2 Å². The van der Waals surface area contributed by atoms with Crippen molar-refractivity contribution >= 4 is 5.91 Å². The molecule has 1 fully saturated rings. The van der Waals surface area contributed by atoms with Crippen molar-refractivity contribution in [1.82, 2.24) is 19.9 Å². The van der Waals surface area contributed by atoms with Gasteiger partial charge in [0.05, 0.1) is 26.1 Å². The second-order valence-corrected chi connectivity index (χ2v) is 7.18. The van der Waals surface area contributed by atoms with Gasteiger partial charge in [-0.25, -0.2) is 4.68 Å². The average molecular weight is 392 g/mol. The molecule has 1 unspecified atom stereocenters. The topological polar surface area (TPSA) is 69.5 Å². The van der Waals surface area contributed by atoms with Crippen molar-refractivity contribution in [3.8, 4) is 17.2 Å². The molecule has 1 aliphatic rings. The highest BCUT2D eigenvalue weighted by molar-refractivity contribution is 5.92. The number of benzene rings is 2. The molecule has 0 bridgehead atoms. The minimum Gasteiger partial charge on any atom is -0.493 e. The molecule has 2 aromatic carbocycles. The minimum absolute atomic E-state index is 0.0676. The molecule has 29 heavy (non-hydrogen) atoms. The molecule has 0 spiro atoms. The van der Waals surface area contributed by atoms with Gasteiger partial charge in [-0.15, -0.1) is 5.10 Å². The molecule has 0 radical (unpaired) electrons. The Morgan fingerprint density at radius 3 is 2.66 bits per heavy atom. The van der Waals surface area contributed by atoms with Crippen LogP contribution in [0, 0.1) is 5.92 Å². The van der Waals surface area contributed by atoms with E-state index in [0.717, 1.165) is 36.6 Å². The molecule has 1 aromatic heterocycles. The van der Waals surface area contributed by atoms with E-state index in [-0.39, 0.29) is 5.91 Å². The molecule has 3 aromatic rings. The van der Waals surface area contributed by atoms with Gasteiger partial charge in [0, 0.05) is 13.1 Å². The van der Waals surface area contributed by atoms with Crippen LogP contribution in [0.5, 0.6) is 11.5 Å². The smallest absolute Gasteiger partial charge is 0.276 e. The number of rotatable bonds is 6. The van der Waals surface area contributed by atoms with E-state index in [2.05, 4.69) is 16.4 Å². The molecule has 1 saturated heterocycles. The highest BCUT2D eigenvalue weighted by Crippen LogP contribution is 2.30. The number of ether oxygens (including phenoxy) is 2. The van der Waals surface area contributed by atoms with Crippen LogP contribution in [-0.4, -0.2) is 53.1 Å². The molecule has 7 heteroatoms. The zero-order valence-corrected chi connectivity index (χ0v) is 16.6. The summed E-state index contributed by atoms with van der Waals surface area (Å²) in [6.07, 6.45) is 3.55. The van der Waals surface area contributed by atoms with Crippen molar-refractivity contribution in [2.24, 2.45) is 5.92 Å². The predicted octanol–water partition coefficient (Wildman–Crippen LogP) is 2.99. The first kappa shape index (κ1) is 19.0. The van der Waals surface area contributed by atoms with Crippen LogP contribution >= 0.6 is 0 Å². The average Bonchev–Trinajstić information content (AvgIpc) is 3.44. The van der Waals surface area contributed by atoms with Crippen LogP contribution in [-0.2, 0) is 6.42 Å². The van der Waals surface area contributed by atoms with Crippen LogP contribution in [0.15, 0.2) is 54.7 Å². The second kappa shape index (κ2) is 8.34. The number of nitrogens with zero attached hydrogens (tertiary/aromatic N) is 4. The SMILES string of the molecule is COc1ccc(CC2CCN(C(=O)c3cn(-c4ccccc4)nn3)C2)cc1OC. The number of amides is 1. The third kappa shape index (κ3) is 4.08. The van der Waals surface area contributed by atoms with Crippen molar-refractivity contribution in [3.63, 3.8) is 0 Å². The summed E-state index contributed by atoms with van der Waals surface area (Å²) in [4.78, 5) is 14.7. The lowest BCUT2D eigenvalue weighted by Crippen LogP contribution is -2.29. The molecule has 1 amide bonds. The first-order valence-corrected chi connectivity index (χ1v) is 9.66. The Labute approximate surface area is 169 Å². The van der Waals surface area contributed by atoms with E-state index in [0.29, 0.717) is 18.2 Å². The standard InChI is InChI=1S/C22H24N4O3/c1-28-20-9-8-16(13-21(20)29-2)12-17-10-11-25(14-17)22(27)19-15-26(24-23-19)18-6-4-3-5-7-18/h3-9,13,15,17H,10-12,14H2,1-2H3. The third-order valence-electron chi connectivity index (χ3n) is 5.28. The lowest BCUT2D eigenvalue weighted by molar-refractivity contribution is 0.0781. The van der Waals surface area contributed by atoms with Crippen LogP contribution in [0.4, 0.5) is 0 Å². The molecule has 1 aliphatic heterocycles. The van der Waals surface area contributed by atoms with Gasteiger partial charge in [-0.2, -0.15) is 0 Å². The quantitative estimate of drug-likeness (QED) is 0.645. The monoisotopic (exact) mass is 392 g/mol. The Morgan fingerprint density at radius 2 is 1.90 bits per heavy atom. The van der Waals surface area contributed by atoms with Gasteiger partial charge in [-0.1, -0.05) is 29.5 Å². The molecule has 1 atom stereocenters. The van der Waals surface area contributed by atoms with Crippen LogP contribution < -0.4 is 9.47 Å². The van der Waals surface area contributed by atoms with Crippen molar-refractivity contribution in [1.29, 1.82) is 0 Å². The van der Waals surface area contributed by atoms with E-state index >= 15 is 0 Å². The zero-order chi connectivity index (χ0) is 20.2. The fourth-order valence-corrected chi connectivity index (χ4v) is 3.76. The maximum absolute atomic E-state index is 12.8. The van der Waals surface area contributed by atoms with E-state index in [9.17, 15) is 4.79 Å². The molecule has 7 nitrogen and oxygen atoms in total. The number of para-hydroxylation sites is 1. The molecule has 2 heterocycles. The van der Waals surface area contributed by atoms with Gasteiger partial charge < -0.3 is 14.4 Å². The maximum Gasteiger partial charge on any atom is 0.276 e. The number of hydrogen-bond donors (Lipinski definition) is 0. The van der Waals surface area contributed by atoms with Gasteiger partial charge in [0.1, 0.15) is 0 Å². The summed E-state index contributed by atoms with van der Waals surface area (Å²) in [5, 5.41) is 8.17. The number of methoxy groups -OCH3 is 2. The largest absolute Gasteiger partial charge is 0.493 e. The van der Waals surface area contributed by atoms with Gasteiger partial charge in [0.25, 0.3) is 5.91 Å². The Kier molecular flexibility index (Phi) is 5.46. The zero-order valence-electron chi connectivity index (χ0n) is 16.6. The number of hydrogen-bond acceptors (Lipinski definition) is 5. The molecule has 0 saturated carbocycles. The van der Waals surface area contributed by atoms with E-state index in [1.807, 2.05) is 47.4 Å². The fraction of sp³-hybridized carbons (Fsp3) is 0.318. The Balaban J connectivity index is 1.40. The van der Waals surface area contributed by atoms with Crippen LogP contribution in [0.2, 0.25) is 0 Å². The number of likely N-dealkylation sites (tertiary alicyclic amines) is 1. The maximum atomic E-state index is 12.8. The molecule has 0 N–H and O–H groups in total. The number of carbonyl (C=O) groups is 1. The lowest BCUT2D eigenvalue weighted by atomic mass is 9.98. The van der Waals surface area contributed by atoms with Crippen LogP contribution in [0.3, 0.4) is 0 Å². The molecular formula is C22H24N4O3. The van der Waals surface area contributed by atoms with Crippen LogP contribution in [0.25, 0.3) is 5.69 Å². The van der Waals surface area contributed by atoms with E-state index < -0.39 is 0 Å². The molecule has 4 rings (SSSR count). The predicted molar refractivity (Wildman–Crippen MR) is 109 cm³/mol. The fourth-order valence-electron chi connectivity index (χ4n) is 3.76. The van der Waals surface area contributed by atoms with Crippen LogP contribution in [0.1, 0.15) is 22.5 Å². The van der Waals surface area contributed by atoms with Gasteiger partial charge in [-0.3, -0.25) is 4.79 Å². The van der Waals surface area contributed by atoms with Gasteiger partial charge in [-0.05, 0) is 48.6 Å². The molecular weight excluding hydrogens is 368 g/mol. The summed E-state index contributed by atoms with van der Waals surface area (Å²) in [6.45, 7) is 1.44.